The van der Waals surface area contributed by atoms with Gasteiger partial charge in [0.05, 0.1) is 17.3 Å². The average Bonchev–Trinajstić information content (AvgIpc) is 2.68. The highest BCUT2D eigenvalue weighted by Crippen LogP contribution is 2.18. The number of H-pyrrole nitrogens is 1. The van der Waals surface area contributed by atoms with E-state index in [1.54, 1.807) is 38.1 Å². The summed E-state index contributed by atoms with van der Waals surface area (Å²) in [5.74, 6) is -0.553. The Bertz CT molecular complexity index is 673. The highest BCUT2D eigenvalue weighted by Gasteiger charge is 2.19. The van der Waals surface area contributed by atoms with E-state index in [2.05, 4.69) is 5.10 Å². The first kappa shape index (κ1) is 13.4. The van der Waals surface area contributed by atoms with Crippen LogP contribution < -0.4 is 5.56 Å². The van der Waals surface area contributed by atoms with Crippen LogP contribution in [0.3, 0.4) is 0 Å². The van der Waals surface area contributed by atoms with Crippen LogP contribution in [0.1, 0.15) is 23.0 Å². The molecule has 0 aliphatic rings. The Balaban J connectivity index is 2.56. The lowest BCUT2D eigenvalue weighted by Gasteiger charge is -2.03. The molecule has 0 fully saturated rings. The molecule has 0 aliphatic carbocycles. The van der Waals surface area contributed by atoms with Crippen molar-refractivity contribution >= 4 is 17.6 Å². The van der Waals surface area contributed by atoms with Crippen LogP contribution in [0.5, 0.6) is 0 Å². The van der Waals surface area contributed by atoms with E-state index in [0.717, 1.165) is 0 Å². The fraction of sp³-hybridized carbons (Fsp3) is 0.231. The van der Waals surface area contributed by atoms with Gasteiger partial charge in [0.1, 0.15) is 5.69 Å². The number of benzene rings is 1. The summed E-state index contributed by atoms with van der Waals surface area (Å²) in [6.07, 6.45) is 0. The van der Waals surface area contributed by atoms with Crippen molar-refractivity contribution in [3.05, 3.63) is 50.9 Å². The minimum Gasteiger partial charge on any atom is -0.461 e. The van der Waals surface area contributed by atoms with Gasteiger partial charge in [-0.1, -0.05) is 23.7 Å². The molecule has 1 aromatic heterocycles. The van der Waals surface area contributed by atoms with E-state index in [-0.39, 0.29) is 17.9 Å². The number of hydrogen-bond donors (Lipinski definition) is 1. The van der Waals surface area contributed by atoms with E-state index >= 15 is 0 Å². The van der Waals surface area contributed by atoms with Crippen molar-refractivity contribution in [2.45, 2.75) is 13.8 Å². The predicted octanol–water partition coefficient (Wildman–Crippen LogP) is 2.30. The van der Waals surface area contributed by atoms with Crippen LogP contribution in [0, 0.1) is 6.92 Å². The third-order valence-electron chi connectivity index (χ3n) is 2.70. The van der Waals surface area contributed by atoms with Crippen molar-refractivity contribution in [2.24, 2.45) is 0 Å². The van der Waals surface area contributed by atoms with Crippen molar-refractivity contribution in [1.29, 1.82) is 0 Å². The molecule has 6 heteroatoms. The van der Waals surface area contributed by atoms with Gasteiger partial charge >= 0.3 is 5.97 Å². The van der Waals surface area contributed by atoms with Gasteiger partial charge in [0.25, 0.3) is 5.56 Å². The maximum Gasteiger partial charge on any atom is 0.356 e. The van der Waals surface area contributed by atoms with Gasteiger partial charge in [-0.2, -0.15) is 0 Å². The number of hydrogen-bond acceptors (Lipinski definition) is 3. The van der Waals surface area contributed by atoms with Gasteiger partial charge in [-0.05, 0) is 26.0 Å². The summed E-state index contributed by atoms with van der Waals surface area (Å²) in [5.41, 5.74) is 0.620. The van der Waals surface area contributed by atoms with Crippen molar-refractivity contribution in [3.8, 4) is 5.69 Å². The van der Waals surface area contributed by atoms with Crippen LogP contribution in [0.2, 0.25) is 5.02 Å². The lowest BCUT2D eigenvalue weighted by molar-refractivity contribution is 0.0518. The number of esters is 1. The largest absolute Gasteiger partial charge is 0.461 e. The monoisotopic (exact) mass is 280 g/mol. The molecule has 2 aromatic rings. The number of para-hydroxylation sites is 1. The number of halogens is 1. The molecule has 2 rings (SSSR count). The molecule has 0 unspecified atom stereocenters. The molecule has 0 bridgehead atoms. The molecule has 0 radical (unpaired) electrons. The van der Waals surface area contributed by atoms with Gasteiger partial charge in [0, 0.05) is 5.56 Å². The summed E-state index contributed by atoms with van der Waals surface area (Å²) in [5, 5.41) is 3.15. The van der Waals surface area contributed by atoms with Crippen LogP contribution in [-0.2, 0) is 4.74 Å². The molecule has 0 amide bonds. The third kappa shape index (κ3) is 2.42. The van der Waals surface area contributed by atoms with Gasteiger partial charge < -0.3 is 4.74 Å². The molecule has 0 spiro atoms. The Morgan fingerprint density at radius 1 is 1.42 bits per heavy atom. The molecule has 0 atom stereocenters. The Morgan fingerprint density at radius 3 is 2.74 bits per heavy atom. The van der Waals surface area contributed by atoms with Crippen LogP contribution in [0.4, 0.5) is 0 Å². The van der Waals surface area contributed by atoms with Gasteiger partial charge in [0.15, 0.2) is 0 Å². The summed E-state index contributed by atoms with van der Waals surface area (Å²) < 4.78 is 6.13. The summed E-state index contributed by atoms with van der Waals surface area (Å²) in [7, 11) is 0. The lowest BCUT2D eigenvalue weighted by Crippen LogP contribution is -2.16. The Kier molecular flexibility index (Phi) is 3.76. The van der Waals surface area contributed by atoms with E-state index in [4.69, 9.17) is 16.3 Å². The molecule has 1 heterocycles. The average molecular weight is 281 g/mol. The molecule has 100 valence electrons. The number of rotatable bonds is 3. The zero-order valence-corrected chi connectivity index (χ0v) is 11.3. The van der Waals surface area contributed by atoms with Crippen molar-refractivity contribution in [2.75, 3.05) is 6.61 Å². The van der Waals surface area contributed by atoms with Crippen molar-refractivity contribution < 1.29 is 9.53 Å². The van der Waals surface area contributed by atoms with E-state index in [1.165, 1.54) is 4.68 Å². The van der Waals surface area contributed by atoms with Gasteiger partial charge in [-0.15, -0.1) is 0 Å². The topological polar surface area (TPSA) is 64.1 Å². The SMILES string of the molecule is CCOC(=O)c1[nH]n(-c2ccccc2Cl)c(=O)c1C. The van der Waals surface area contributed by atoms with E-state index in [0.29, 0.717) is 16.3 Å². The Labute approximate surface area is 114 Å². The smallest absolute Gasteiger partial charge is 0.356 e. The maximum atomic E-state index is 12.1. The molecular formula is C13H13ClN2O3. The van der Waals surface area contributed by atoms with Gasteiger partial charge in [-0.25, -0.2) is 9.48 Å². The Morgan fingerprint density at radius 2 is 2.11 bits per heavy atom. The van der Waals surface area contributed by atoms with Crippen LogP contribution in [-0.4, -0.2) is 22.4 Å². The summed E-state index contributed by atoms with van der Waals surface area (Å²) in [6, 6.07) is 6.88. The van der Waals surface area contributed by atoms with Crippen LogP contribution >= 0.6 is 11.6 Å². The van der Waals surface area contributed by atoms with Crippen molar-refractivity contribution in [3.63, 3.8) is 0 Å². The lowest BCUT2D eigenvalue weighted by atomic mass is 10.3. The molecule has 5 nitrogen and oxygen atoms in total. The maximum absolute atomic E-state index is 12.1. The molecule has 1 aromatic carbocycles. The normalized spacial score (nSPS) is 10.5. The molecule has 0 saturated heterocycles. The number of aromatic nitrogens is 2. The fourth-order valence-corrected chi connectivity index (χ4v) is 1.95. The Hall–Kier alpha value is -2.01. The standard InChI is InChI=1S/C13H13ClN2O3/c1-3-19-13(18)11-8(2)12(17)16(15-11)10-7-5-4-6-9(10)14/h4-7,15H,3H2,1-2H3. The van der Waals surface area contributed by atoms with Crippen LogP contribution in [0.15, 0.2) is 29.1 Å². The van der Waals surface area contributed by atoms with Gasteiger partial charge in [0.2, 0.25) is 0 Å². The van der Waals surface area contributed by atoms with E-state index in [1.807, 2.05) is 0 Å². The van der Waals surface area contributed by atoms with E-state index < -0.39 is 5.97 Å². The predicted molar refractivity (Wildman–Crippen MR) is 72.1 cm³/mol. The first-order valence-electron chi connectivity index (χ1n) is 5.80. The van der Waals surface area contributed by atoms with Gasteiger partial charge in [-0.3, -0.25) is 9.89 Å². The number of carbonyl (C=O) groups is 1. The first-order valence-corrected chi connectivity index (χ1v) is 6.17. The summed E-state index contributed by atoms with van der Waals surface area (Å²) in [4.78, 5) is 23.8. The minimum atomic E-state index is -0.553. The second kappa shape index (κ2) is 5.32. The molecule has 1 N–H and O–H groups in total. The quantitative estimate of drug-likeness (QED) is 0.878. The number of aromatic amines is 1. The highest BCUT2D eigenvalue weighted by atomic mass is 35.5. The minimum absolute atomic E-state index is 0.145. The second-order valence-electron chi connectivity index (χ2n) is 3.92. The summed E-state index contributed by atoms with van der Waals surface area (Å²) >= 11 is 6.04. The molecule has 0 aliphatic heterocycles. The number of nitrogens with zero attached hydrogens (tertiary/aromatic N) is 1. The second-order valence-corrected chi connectivity index (χ2v) is 4.33. The highest BCUT2D eigenvalue weighted by molar-refractivity contribution is 6.32. The van der Waals surface area contributed by atoms with E-state index in [9.17, 15) is 9.59 Å². The molecule has 19 heavy (non-hydrogen) atoms. The molecule has 0 saturated carbocycles. The zero-order chi connectivity index (χ0) is 14.0. The number of ether oxygens (including phenoxy) is 1. The molecular weight excluding hydrogens is 268 g/mol. The first-order chi connectivity index (χ1) is 9.06. The van der Waals surface area contributed by atoms with Crippen LogP contribution in [0.25, 0.3) is 5.69 Å². The number of nitrogens with one attached hydrogen (secondary N) is 1. The van der Waals surface area contributed by atoms with Crippen molar-refractivity contribution in [1.82, 2.24) is 9.78 Å². The number of carbonyl (C=O) groups excluding carboxylic acids is 1. The zero-order valence-electron chi connectivity index (χ0n) is 10.6. The fourth-order valence-electron chi connectivity index (χ4n) is 1.73. The summed E-state index contributed by atoms with van der Waals surface area (Å²) in [6.45, 7) is 3.52. The third-order valence-corrected chi connectivity index (χ3v) is 3.02.